The van der Waals surface area contributed by atoms with Crippen LogP contribution in [0.5, 0.6) is 0 Å². The van der Waals surface area contributed by atoms with Crippen LogP contribution in [0.3, 0.4) is 0 Å². The maximum atomic E-state index is 10.3. The standard InChI is InChI=1S/C7H6BrN3O/c1-3-6-9-7(10-12)5(4-8)11(6)2/h1H,4H2,2H3. The Hall–Kier alpha value is -1.15. The lowest BCUT2D eigenvalue weighted by atomic mass is 10.5. The lowest BCUT2D eigenvalue weighted by molar-refractivity contribution is 0.853. The number of halogens is 1. The summed E-state index contributed by atoms with van der Waals surface area (Å²) in [6.07, 6.45) is 5.15. The highest BCUT2D eigenvalue weighted by Gasteiger charge is 2.11. The van der Waals surface area contributed by atoms with Crippen molar-refractivity contribution in [2.24, 2.45) is 12.2 Å². The van der Waals surface area contributed by atoms with E-state index in [0.29, 0.717) is 16.8 Å². The van der Waals surface area contributed by atoms with Gasteiger partial charge in [-0.3, -0.25) is 0 Å². The number of hydrogen-bond donors (Lipinski definition) is 0. The summed E-state index contributed by atoms with van der Waals surface area (Å²) in [6, 6.07) is 0. The average Bonchev–Trinajstić information content (AvgIpc) is 2.41. The van der Waals surface area contributed by atoms with Gasteiger partial charge in [0.2, 0.25) is 5.82 Å². The number of terminal acetylenes is 1. The molecule has 0 saturated heterocycles. The van der Waals surface area contributed by atoms with Crippen LogP contribution in [-0.2, 0) is 12.4 Å². The fraction of sp³-hybridized carbons (Fsp3) is 0.286. The second kappa shape index (κ2) is 3.50. The highest BCUT2D eigenvalue weighted by Crippen LogP contribution is 2.20. The first kappa shape index (κ1) is 8.94. The van der Waals surface area contributed by atoms with Crippen molar-refractivity contribution in [3.8, 4) is 12.3 Å². The highest BCUT2D eigenvalue weighted by atomic mass is 79.9. The second-order valence-corrected chi connectivity index (χ2v) is 2.69. The van der Waals surface area contributed by atoms with Crippen LogP contribution in [0.2, 0.25) is 0 Å². The minimum absolute atomic E-state index is 0.155. The summed E-state index contributed by atoms with van der Waals surface area (Å²) < 4.78 is 1.66. The topological polar surface area (TPSA) is 47.2 Å². The van der Waals surface area contributed by atoms with Crippen molar-refractivity contribution in [2.75, 3.05) is 0 Å². The van der Waals surface area contributed by atoms with Crippen LogP contribution in [0.15, 0.2) is 5.18 Å². The number of nitroso groups, excluding NO2 is 1. The molecule has 1 aromatic heterocycles. The van der Waals surface area contributed by atoms with Gasteiger partial charge < -0.3 is 4.57 Å². The largest absolute Gasteiger partial charge is 0.322 e. The molecule has 0 aliphatic heterocycles. The van der Waals surface area contributed by atoms with E-state index in [1.807, 2.05) is 0 Å². The molecule has 0 unspecified atom stereocenters. The van der Waals surface area contributed by atoms with Crippen molar-refractivity contribution in [3.05, 3.63) is 16.4 Å². The smallest absolute Gasteiger partial charge is 0.219 e. The van der Waals surface area contributed by atoms with Gasteiger partial charge in [0.05, 0.1) is 5.69 Å². The lowest BCUT2D eigenvalue weighted by Crippen LogP contribution is -1.96. The Morgan fingerprint density at radius 1 is 1.83 bits per heavy atom. The van der Waals surface area contributed by atoms with E-state index in [2.05, 4.69) is 32.0 Å². The van der Waals surface area contributed by atoms with Gasteiger partial charge in [-0.15, -0.1) is 11.3 Å². The zero-order valence-electron chi connectivity index (χ0n) is 6.41. The third-order valence-electron chi connectivity index (χ3n) is 1.53. The van der Waals surface area contributed by atoms with Crippen LogP contribution in [-0.4, -0.2) is 9.55 Å². The van der Waals surface area contributed by atoms with Gasteiger partial charge in [0.1, 0.15) is 0 Å². The first-order valence-corrected chi connectivity index (χ1v) is 4.28. The summed E-state index contributed by atoms with van der Waals surface area (Å²) >= 11 is 3.21. The molecule has 1 aromatic rings. The Balaban J connectivity index is 3.34. The first-order chi connectivity index (χ1) is 5.74. The van der Waals surface area contributed by atoms with Crippen molar-refractivity contribution in [1.82, 2.24) is 9.55 Å². The third-order valence-corrected chi connectivity index (χ3v) is 2.07. The molecule has 0 atom stereocenters. The summed E-state index contributed by atoms with van der Waals surface area (Å²) in [5.74, 6) is 2.93. The number of imidazole rings is 1. The molecule has 0 fully saturated rings. The molecule has 4 nitrogen and oxygen atoms in total. The third kappa shape index (κ3) is 1.25. The summed E-state index contributed by atoms with van der Waals surface area (Å²) in [7, 11) is 1.74. The van der Waals surface area contributed by atoms with Gasteiger partial charge in [-0.25, -0.2) is 0 Å². The molecular weight excluding hydrogens is 222 g/mol. The Morgan fingerprint density at radius 3 is 2.83 bits per heavy atom. The molecule has 0 radical (unpaired) electrons. The van der Waals surface area contributed by atoms with Crippen LogP contribution in [0.4, 0.5) is 5.82 Å². The highest BCUT2D eigenvalue weighted by molar-refractivity contribution is 9.08. The Labute approximate surface area is 78.1 Å². The Kier molecular flexibility index (Phi) is 2.61. The van der Waals surface area contributed by atoms with E-state index in [1.165, 1.54) is 0 Å². The maximum Gasteiger partial charge on any atom is 0.219 e. The number of alkyl halides is 1. The summed E-state index contributed by atoms with van der Waals surface area (Å²) in [4.78, 5) is 14.1. The minimum Gasteiger partial charge on any atom is -0.322 e. The molecule has 1 heterocycles. The van der Waals surface area contributed by atoms with E-state index < -0.39 is 0 Å². The number of rotatable bonds is 2. The van der Waals surface area contributed by atoms with Gasteiger partial charge in [-0.05, 0) is 11.1 Å². The van der Waals surface area contributed by atoms with E-state index in [1.54, 1.807) is 11.6 Å². The van der Waals surface area contributed by atoms with Crippen molar-refractivity contribution in [3.63, 3.8) is 0 Å². The lowest BCUT2D eigenvalue weighted by Gasteiger charge is -1.96. The molecule has 1 rings (SSSR count). The molecule has 0 saturated carbocycles. The van der Waals surface area contributed by atoms with Gasteiger partial charge in [-0.2, -0.15) is 4.98 Å². The molecule has 0 spiro atoms. The van der Waals surface area contributed by atoms with E-state index in [-0.39, 0.29) is 5.82 Å². The normalized spacial score (nSPS) is 9.42. The molecule has 0 aliphatic carbocycles. The Bertz CT molecular complexity index is 350. The molecule has 62 valence electrons. The average molecular weight is 228 g/mol. The SMILES string of the molecule is C#Cc1nc(N=O)c(CBr)n1C. The fourth-order valence-electron chi connectivity index (χ4n) is 0.869. The quantitative estimate of drug-likeness (QED) is 0.439. The van der Waals surface area contributed by atoms with Crippen molar-refractivity contribution in [2.45, 2.75) is 5.33 Å². The first-order valence-electron chi connectivity index (χ1n) is 3.16. The molecule has 5 heteroatoms. The van der Waals surface area contributed by atoms with Crippen LogP contribution >= 0.6 is 15.9 Å². The van der Waals surface area contributed by atoms with Gasteiger partial charge in [0.25, 0.3) is 0 Å². The van der Waals surface area contributed by atoms with Crippen molar-refractivity contribution in [1.29, 1.82) is 0 Å². The van der Waals surface area contributed by atoms with Gasteiger partial charge in [0, 0.05) is 12.4 Å². The van der Waals surface area contributed by atoms with Gasteiger partial charge in [-0.1, -0.05) is 15.9 Å². The predicted octanol–water partition coefficient (Wildman–Crippen LogP) is 1.69. The number of aromatic nitrogens is 2. The van der Waals surface area contributed by atoms with E-state index >= 15 is 0 Å². The Morgan fingerprint density at radius 2 is 2.50 bits per heavy atom. The molecular formula is C7H6BrN3O. The molecule has 0 amide bonds. The zero-order chi connectivity index (χ0) is 9.14. The second-order valence-electron chi connectivity index (χ2n) is 2.13. The molecule has 12 heavy (non-hydrogen) atoms. The summed E-state index contributed by atoms with van der Waals surface area (Å²) in [5.41, 5.74) is 0.693. The zero-order valence-corrected chi connectivity index (χ0v) is 8.00. The van der Waals surface area contributed by atoms with Crippen LogP contribution in [0.1, 0.15) is 11.5 Å². The van der Waals surface area contributed by atoms with Crippen molar-refractivity contribution >= 4 is 21.7 Å². The molecule has 0 N–H and O–H groups in total. The van der Waals surface area contributed by atoms with E-state index in [0.717, 1.165) is 0 Å². The van der Waals surface area contributed by atoms with E-state index in [9.17, 15) is 4.91 Å². The molecule has 0 aromatic carbocycles. The van der Waals surface area contributed by atoms with E-state index in [4.69, 9.17) is 6.42 Å². The summed E-state index contributed by atoms with van der Waals surface area (Å²) in [5, 5.41) is 3.28. The maximum absolute atomic E-state index is 10.3. The fourth-order valence-corrected chi connectivity index (χ4v) is 1.50. The van der Waals surface area contributed by atoms with Crippen LogP contribution in [0, 0.1) is 17.3 Å². The molecule has 0 bridgehead atoms. The molecule has 0 aliphatic rings. The minimum atomic E-state index is 0.155. The van der Waals surface area contributed by atoms with Crippen LogP contribution in [0.25, 0.3) is 0 Å². The monoisotopic (exact) mass is 227 g/mol. The van der Waals surface area contributed by atoms with Gasteiger partial charge in [0.15, 0.2) is 5.82 Å². The summed E-state index contributed by atoms with van der Waals surface area (Å²) in [6.45, 7) is 0. The van der Waals surface area contributed by atoms with Crippen LogP contribution < -0.4 is 0 Å². The van der Waals surface area contributed by atoms with Crippen molar-refractivity contribution < 1.29 is 0 Å². The predicted molar refractivity (Wildman–Crippen MR) is 49.2 cm³/mol. The van der Waals surface area contributed by atoms with Gasteiger partial charge >= 0.3 is 0 Å². The number of nitrogens with zero attached hydrogens (tertiary/aromatic N) is 3. The number of hydrogen-bond acceptors (Lipinski definition) is 3.